The summed E-state index contributed by atoms with van der Waals surface area (Å²) in [5.74, 6) is 1.33. The number of hydrogen-bond acceptors (Lipinski definition) is 3. The van der Waals surface area contributed by atoms with Crippen LogP contribution in [0.3, 0.4) is 0 Å². The van der Waals surface area contributed by atoms with Crippen molar-refractivity contribution in [1.29, 1.82) is 0 Å². The van der Waals surface area contributed by atoms with Crippen LogP contribution in [-0.2, 0) is 14.8 Å². The van der Waals surface area contributed by atoms with E-state index in [0.29, 0.717) is 22.5 Å². The van der Waals surface area contributed by atoms with Gasteiger partial charge in [0.05, 0.1) is 15.6 Å². The smallest absolute Gasteiger partial charge is 0.238 e. The van der Waals surface area contributed by atoms with Gasteiger partial charge in [-0.1, -0.05) is 11.6 Å². The molecule has 20 heavy (non-hydrogen) atoms. The lowest BCUT2D eigenvalue weighted by Crippen LogP contribution is -2.22. The Labute approximate surface area is 122 Å². The number of rotatable bonds is 3. The molecule has 2 aliphatic carbocycles. The van der Waals surface area contributed by atoms with E-state index in [9.17, 15) is 13.2 Å². The first-order valence-electron chi connectivity index (χ1n) is 6.48. The number of carbonyl (C=O) groups excluding carboxylic acids is 1. The lowest BCUT2D eigenvalue weighted by molar-refractivity contribution is -0.120. The number of hydrogen-bond donors (Lipinski definition) is 2. The number of sulfonamides is 1. The number of halogens is 1. The van der Waals surface area contributed by atoms with Gasteiger partial charge in [-0.25, -0.2) is 13.6 Å². The molecular weight excluding hydrogens is 300 g/mol. The van der Waals surface area contributed by atoms with E-state index < -0.39 is 10.0 Å². The van der Waals surface area contributed by atoms with E-state index in [4.69, 9.17) is 16.7 Å². The van der Waals surface area contributed by atoms with Gasteiger partial charge in [0.1, 0.15) is 0 Å². The second-order valence-corrected chi connectivity index (χ2v) is 7.57. The average molecular weight is 315 g/mol. The summed E-state index contributed by atoms with van der Waals surface area (Å²) in [4.78, 5) is 12.1. The maximum Gasteiger partial charge on any atom is 0.238 e. The van der Waals surface area contributed by atoms with Gasteiger partial charge in [-0.05, 0) is 49.3 Å². The van der Waals surface area contributed by atoms with E-state index in [-0.39, 0.29) is 16.7 Å². The standard InChI is InChI=1S/C13H15ClN2O3S/c14-11-2-1-10(20(15,18)19)6-12(11)16-13(17)9-4-7-3-8(7)5-9/h1-2,6-9H,3-5H2,(H,16,17)(H2,15,18,19). The highest BCUT2D eigenvalue weighted by atomic mass is 35.5. The largest absolute Gasteiger partial charge is 0.324 e. The molecule has 1 aromatic rings. The minimum absolute atomic E-state index is 0.00737. The molecule has 0 spiro atoms. The summed E-state index contributed by atoms with van der Waals surface area (Å²) in [5, 5.41) is 8.08. The molecule has 0 heterocycles. The Balaban J connectivity index is 1.77. The number of benzene rings is 1. The Morgan fingerprint density at radius 1 is 1.25 bits per heavy atom. The molecule has 0 aromatic heterocycles. The number of nitrogens with one attached hydrogen (secondary N) is 1. The van der Waals surface area contributed by atoms with Crippen molar-refractivity contribution in [3.05, 3.63) is 23.2 Å². The fourth-order valence-corrected chi connectivity index (χ4v) is 3.65. The lowest BCUT2D eigenvalue weighted by Gasteiger charge is -2.14. The van der Waals surface area contributed by atoms with Gasteiger partial charge in [0.2, 0.25) is 15.9 Å². The fraction of sp³-hybridized carbons (Fsp3) is 0.462. The third-order valence-electron chi connectivity index (χ3n) is 4.14. The predicted molar refractivity (Wildman–Crippen MR) is 75.8 cm³/mol. The van der Waals surface area contributed by atoms with Crippen molar-refractivity contribution in [3.63, 3.8) is 0 Å². The topological polar surface area (TPSA) is 89.3 Å². The summed E-state index contributed by atoms with van der Waals surface area (Å²) >= 11 is 5.98. The maximum absolute atomic E-state index is 12.1. The molecule has 2 atom stereocenters. The van der Waals surface area contributed by atoms with Crippen molar-refractivity contribution in [1.82, 2.24) is 0 Å². The van der Waals surface area contributed by atoms with Crippen LogP contribution in [0.1, 0.15) is 19.3 Å². The first-order chi connectivity index (χ1) is 9.34. The van der Waals surface area contributed by atoms with E-state index in [1.165, 1.54) is 24.6 Å². The Hall–Kier alpha value is -1.11. The molecule has 0 saturated heterocycles. The number of anilines is 1. The van der Waals surface area contributed by atoms with Crippen LogP contribution < -0.4 is 10.5 Å². The van der Waals surface area contributed by atoms with Gasteiger partial charge in [0.15, 0.2) is 0 Å². The molecule has 0 bridgehead atoms. The summed E-state index contributed by atoms with van der Waals surface area (Å²) < 4.78 is 22.6. The Morgan fingerprint density at radius 2 is 1.90 bits per heavy atom. The Morgan fingerprint density at radius 3 is 2.50 bits per heavy atom. The van der Waals surface area contributed by atoms with E-state index in [1.54, 1.807) is 0 Å². The third kappa shape index (κ3) is 2.68. The van der Waals surface area contributed by atoms with Crippen LogP contribution >= 0.6 is 11.6 Å². The highest BCUT2D eigenvalue weighted by molar-refractivity contribution is 7.89. The van der Waals surface area contributed by atoms with Gasteiger partial charge in [0, 0.05) is 5.92 Å². The summed E-state index contributed by atoms with van der Waals surface area (Å²) in [5.41, 5.74) is 0.295. The van der Waals surface area contributed by atoms with Crippen LogP contribution in [0.2, 0.25) is 5.02 Å². The molecule has 5 nitrogen and oxygen atoms in total. The summed E-state index contributed by atoms with van der Waals surface area (Å²) in [6.07, 6.45) is 3.08. The van der Waals surface area contributed by atoms with Gasteiger partial charge in [-0.15, -0.1) is 0 Å². The predicted octanol–water partition coefficient (Wildman–Crippen LogP) is 1.97. The SMILES string of the molecule is NS(=O)(=O)c1ccc(Cl)c(NC(=O)C2CC3CC3C2)c1. The van der Waals surface area contributed by atoms with Gasteiger partial charge in [-0.3, -0.25) is 4.79 Å². The second kappa shape index (κ2) is 4.72. The van der Waals surface area contributed by atoms with Crippen LogP contribution in [-0.4, -0.2) is 14.3 Å². The molecule has 3 rings (SSSR count). The average Bonchev–Trinajstić information content (AvgIpc) is 2.97. The van der Waals surface area contributed by atoms with Crippen molar-refractivity contribution in [2.24, 2.45) is 22.9 Å². The zero-order valence-corrected chi connectivity index (χ0v) is 12.2. The molecule has 0 aliphatic heterocycles. The Bertz CT molecular complexity index is 664. The summed E-state index contributed by atoms with van der Waals surface area (Å²) in [6.45, 7) is 0. The minimum atomic E-state index is -3.81. The molecule has 2 unspecified atom stereocenters. The van der Waals surface area contributed by atoms with Crippen LogP contribution in [0.4, 0.5) is 5.69 Å². The quantitative estimate of drug-likeness (QED) is 0.894. The van der Waals surface area contributed by atoms with Crippen LogP contribution in [0, 0.1) is 17.8 Å². The number of fused-ring (bicyclic) bond motifs is 1. The lowest BCUT2D eigenvalue weighted by atomic mass is 10.0. The number of primary sulfonamides is 1. The van der Waals surface area contributed by atoms with E-state index in [2.05, 4.69) is 5.32 Å². The number of carbonyl (C=O) groups is 1. The molecule has 1 amide bonds. The highest BCUT2D eigenvalue weighted by Crippen LogP contribution is 2.54. The maximum atomic E-state index is 12.1. The summed E-state index contributed by atoms with van der Waals surface area (Å²) in [7, 11) is -3.81. The van der Waals surface area contributed by atoms with Crippen molar-refractivity contribution in [3.8, 4) is 0 Å². The van der Waals surface area contributed by atoms with Crippen LogP contribution in [0.15, 0.2) is 23.1 Å². The van der Waals surface area contributed by atoms with Crippen LogP contribution in [0.5, 0.6) is 0 Å². The molecule has 3 N–H and O–H groups in total. The molecule has 1 aromatic carbocycles. The minimum Gasteiger partial charge on any atom is -0.324 e. The number of amides is 1. The first kappa shape index (κ1) is 13.9. The molecule has 2 saturated carbocycles. The zero-order chi connectivity index (χ0) is 14.5. The van der Waals surface area contributed by atoms with Crippen molar-refractivity contribution < 1.29 is 13.2 Å². The summed E-state index contributed by atoms with van der Waals surface area (Å²) in [6, 6.07) is 4.03. The van der Waals surface area contributed by atoms with Crippen molar-refractivity contribution in [2.75, 3.05) is 5.32 Å². The Kier molecular flexibility index (Phi) is 3.27. The van der Waals surface area contributed by atoms with Gasteiger partial charge in [-0.2, -0.15) is 0 Å². The first-order valence-corrected chi connectivity index (χ1v) is 8.40. The van der Waals surface area contributed by atoms with Gasteiger partial charge >= 0.3 is 0 Å². The van der Waals surface area contributed by atoms with Crippen molar-refractivity contribution in [2.45, 2.75) is 24.2 Å². The number of nitrogens with two attached hydrogens (primary N) is 1. The molecular formula is C13H15ClN2O3S. The van der Waals surface area contributed by atoms with E-state index in [0.717, 1.165) is 12.8 Å². The molecule has 2 aliphatic rings. The van der Waals surface area contributed by atoms with Gasteiger partial charge in [0.25, 0.3) is 0 Å². The molecule has 108 valence electrons. The van der Waals surface area contributed by atoms with Crippen molar-refractivity contribution >= 4 is 33.2 Å². The molecule has 7 heteroatoms. The molecule has 0 radical (unpaired) electrons. The van der Waals surface area contributed by atoms with Crippen LogP contribution in [0.25, 0.3) is 0 Å². The second-order valence-electron chi connectivity index (χ2n) is 5.60. The van der Waals surface area contributed by atoms with Gasteiger partial charge < -0.3 is 5.32 Å². The third-order valence-corrected chi connectivity index (χ3v) is 5.38. The monoisotopic (exact) mass is 314 g/mol. The molecule has 2 fully saturated rings. The van der Waals surface area contributed by atoms with E-state index >= 15 is 0 Å². The zero-order valence-electron chi connectivity index (χ0n) is 10.7. The highest BCUT2D eigenvalue weighted by Gasteiger charge is 2.48. The normalized spacial score (nSPS) is 28.0. The fourth-order valence-electron chi connectivity index (χ4n) is 2.94. The van der Waals surface area contributed by atoms with E-state index in [1.807, 2.05) is 0 Å².